The minimum atomic E-state index is -3.30. The summed E-state index contributed by atoms with van der Waals surface area (Å²) < 4.78 is 26.8. The van der Waals surface area contributed by atoms with Crippen molar-refractivity contribution in [3.8, 4) is 0 Å². The van der Waals surface area contributed by atoms with E-state index in [0.29, 0.717) is 0 Å². The van der Waals surface area contributed by atoms with E-state index in [1.807, 2.05) is 30.3 Å². The molecule has 5 heteroatoms. The maximum atomic E-state index is 12.0. The molecule has 0 aromatic heterocycles. The smallest absolute Gasteiger partial charge is 0.212 e. The summed E-state index contributed by atoms with van der Waals surface area (Å²) >= 11 is 6.16. The van der Waals surface area contributed by atoms with Crippen LogP contribution in [-0.2, 0) is 15.8 Å². The van der Waals surface area contributed by atoms with Crippen LogP contribution in [0.3, 0.4) is 0 Å². The Morgan fingerprint density at radius 1 is 1.17 bits per heavy atom. The second-order valence-electron chi connectivity index (χ2n) is 4.77. The van der Waals surface area contributed by atoms with Crippen molar-refractivity contribution in [1.82, 2.24) is 4.72 Å². The van der Waals surface area contributed by atoms with Crippen LogP contribution in [0.25, 0.3) is 0 Å². The van der Waals surface area contributed by atoms with E-state index < -0.39 is 10.0 Å². The topological polar surface area (TPSA) is 46.2 Å². The van der Waals surface area contributed by atoms with Gasteiger partial charge in [-0.05, 0) is 18.4 Å². The Kier molecular flexibility index (Phi) is 4.65. The molecule has 3 nitrogen and oxygen atoms in total. The third kappa shape index (κ3) is 3.97. The Bertz CT molecular complexity index is 475. The molecule has 1 aromatic carbocycles. The van der Waals surface area contributed by atoms with Crippen LogP contribution in [0.1, 0.15) is 31.2 Å². The molecule has 100 valence electrons. The fourth-order valence-corrected chi connectivity index (χ4v) is 4.16. The van der Waals surface area contributed by atoms with Gasteiger partial charge < -0.3 is 0 Å². The van der Waals surface area contributed by atoms with Gasteiger partial charge in [-0.3, -0.25) is 0 Å². The molecule has 0 saturated heterocycles. The predicted molar refractivity (Wildman–Crippen MR) is 74.1 cm³/mol. The molecular formula is C13H18ClNO2S. The first-order chi connectivity index (χ1) is 8.57. The molecule has 1 fully saturated rings. The van der Waals surface area contributed by atoms with E-state index in [2.05, 4.69) is 4.72 Å². The highest BCUT2D eigenvalue weighted by Crippen LogP contribution is 2.23. The van der Waals surface area contributed by atoms with Crippen LogP contribution in [0.5, 0.6) is 0 Å². The van der Waals surface area contributed by atoms with Gasteiger partial charge in [-0.15, -0.1) is 11.6 Å². The van der Waals surface area contributed by atoms with E-state index in [9.17, 15) is 8.42 Å². The summed E-state index contributed by atoms with van der Waals surface area (Å²) in [6.07, 6.45) is 3.86. The summed E-state index contributed by atoms with van der Waals surface area (Å²) in [5.74, 6) is 0.0218. The molecule has 0 heterocycles. The van der Waals surface area contributed by atoms with Crippen LogP contribution >= 0.6 is 11.6 Å². The number of alkyl halides is 1. The molecule has 0 spiro atoms. The normalized spacial score (nSPS) is 24.9. The van der Waals surface area contributed by atoms with Gasteiger partial charge in [0.2, 0.25) is 10.0 Å². The number of rotatable bonds is 4. The lowest BCUT2D eigenvalue weighted by molar-refractivity contribution is 0.418. The third-order valence-electron chi connectivity index (χ3n) is 3.21. The molecule has 1 aliphatic carbocycles. The minimum absolute atomic E-state index is 0.0218. The SMILES string of the molecule is O=S(=O)(Cc1ccccc1)NC1CCCCC1Cl. The van der Waals surface area contributed by atoms with Crippen molar-refractivity contribution in [1.29, 1.82) is 0 Å². The van der Waals surface area contributed by atoms with E-state index in [4.69, 9.17) is 11.6 Å². The second kappa shape index (κ2) is 6.04. The Labute approximate surface area is 114 Å². The predicted octanol–water partition coefficient (Wildman–Crippen LogP) is 2.66. The molecule has 2 unspecified atom stereocenters. The number of hydrogen-bond donors (Lipinski definition) is 1. The van der Waals surface area contributed by atoms with Crippen molar-refractivity contribution in [2.45, 2.75) is 42.9 Å². The van der Waals surface area contributed by atoms with Gasteiger partial charge in [0.1, 0.15) is 0 Å². The highest BCUT2D eigenvalue weighted by atomic mass is 35.5. The number of hydrogen-bond acceptors (Lipinski definition) is 2. The van der Waals surface area contributed by atoms with Crippen molar-refractivity contribution in [3.05, 3.63) is 35.9 Å². The van der Waals surface area contributed by atoms with Crippen LogP contribution in [-0.4, -0.2) is 19.8 Å². The van der Waals surface area contributed by atoms with Crippen LogP contribution in [0.2, 0.25) is 0 Å². The molecule has 1 aliphatic rings. The Morgan fingerprint density at radius 2 is 1.83 bits per heavy atom. The fraction of sp³-hybridized carbons (Fsp3) is 0.538. The van der Waals surface area contributed by atoms with E-state index in [-0.39, 0.29) is 17.2 Å². The fourth-order valence-electron chi connectivity index (χ4n) is 2.28. The summed E-state index contributed by atoms with van der Waals surface area (Å²) in [6.45, 7) is 0. The minimum Gasteiger partial charge on any atom is -0.212 e. The number of nitrogens with one attached hydrogen (secondary N) is 1. The Balaban J connectivity index is 1.99. The number of halogens is 1. The first kappa shape index (κ1) is 13.8. The van der Waals surface area contributed by atoms with E-state index in [0.717, 1.165) is 31.2 Å². The van der Waals surface area contributed by atoms with Gasteiger partial charge in [-0.25, -0.2) is 13.1 Å². The first-order valence-electron chi connectivity index (χ1n) is 6.25. The summed E-state index contributed by atoms with van der Waals surface area (Å²) in [5, 5.41) is -0.0794. The summed E-state index contributed by atoms with van der Waals surface area (Å²) in [5.41, 5.74) is 0.798. The average Bonchev–Trinajstić information content (AvgIpc) is 2.32. The zero-order valence-electron chi connectivity index (χ0n) is 10.2. The molecular weight excluding hydrogens is 270 g/mol. The summed E-state index contributed by atoms with van der Waals surface area (Å²) in [7, 11) is -3.30. The average molecular weight is 288 g/mol. The number of benzene rings is 1. The molecule has 0 amide bonds. The molecule has 0 bridgehead atoms. The van der Waals surface area contributed by atoms with Crippen molar-refractivity contribution >= 4 is 21.6 Å². The quantitative estimate of drug-likeness (QED) is 0.866. The van der Waals surface area contributed by atoms with Gasteiger partial charge in [0, 0.05) is 11.4 Å². The van der Waals surface area contributed by atoms with Gasteiger partial charge in [0.15, 0.2) is 0 Å². The lowest BCUT2D eigenvalue weighted by atomic mass is 9.96. The molecule has 18 heavy (non-hydrogen) atoms. The lowest BCUT2D eigenvalue weighted by Gasteiger charge is -2.27. The number of sulfonamides is 1. The first-order valence-corrected chi connectivity index (χ1v) is 8.34. The van der Waals surface area contributed by atoms with Crippen molar-refractivity contribution in [2.24, 2.45) is 0 Å². The Morgan fingerprint density at radius 3 is 2.50 bits per heavy atom. The van der Waals surface area contributed by atoms with Gasteiger partial charge in [-0.1, -0.05) is 43.2 Å². The highest BCUT2D eigenvalue weighted by molar-refractivity contribution is 7.88. The molecule has 1 saturated carbocycles. The standard InChI is InChI=1S/C13H18ClNO2S/c14-12-8-4-5-9-13(12)15-18(16,17)10-11-6-2-1-3-7-11/h1-3,6-7,12-13,15H,4-5,8-10H2. The highest BCUT2D eigenvalue weighted by Gasteiger charge is 2.27. The van der Waals surface area contributed by atoms with Crippen molar-refractivity contribution in [2.75, 3.05) is 0 Å². The van der Waals surface area contributed by atoms with Crippen LogP contribution in [0.4, 0.5) is 0 Å². The zero-order valence-corrected chi connectivity index (χ0v) is 11.8. The molecule has 1 aromatic rings. The van der Waals surface area contributed by atoms with Gasteiger partial charge in [-0.2, -0.15) is 0 Å². The Hall–Kier alpha value is -0.580. The lowest BCUT2D eigenvalue weighted by Crippen LogP contribution is -2.43. The molecule has 0 aliphatic heterocycles. The molecule has 2 atom stereocenters. The largest absolute Gasteiger partial charge is 0.216 e. The van der Waals surface area contributed by atoms with Gasteiger partial charge in [0.05, 0.1) is 5.75 Å². The molecule has 0 radical (unpaired) electrons. The molecule has 2 rings (SSSR count). The van der Waals surface area contributed by atoms with E-state index >= 15 is 0 Å². The van der Waals surface area contributed by atoms with Crippen molar-refractivity contribution in [3.63, 3.8) is 0 Å². The summed E-state index contributed by atoms with van der Waals surface area (Å²) in [6, 6.07) is 9.08. The van der Waals surface area contributed by atoms with E-state index in [1.165, 1.54) is 0 Å². The summed E-state index contributed by atoms with van der Waals surface area (Å²) in [4.78, 5) is 0. The maximum absolute atomic E-state index is 12.0. The van der Waals surface area contributed by atoms with Crippen LogP contribution in [0, 0.1) is 0 Å². The molecule has 1 N–H and O–H groups in total. The second-order valence-corrected chi connectivity index (χ2v) is 7.08. The van der Waals surface area contributed by atoms with Gasteiger partial charge in [0.25, 0.3) is 0 Å². The van der Waals surface area contributed by atoms with Crippen LogP contribution < -0.4 is 4.72 Å². The third-order valence-corrected chi connectivity index (χ3v) is 5.11. The zero-order chi connectivity index (χ0) is 13.0. The van der Waals surface area contributed by atoms with Gasteiger partial charge >= 0.3 is 0 Å². The van der Waals surface area contributed by atoms with Crippen molar-refractivity contribution < 1.29 is 8.42 Å². The monoisotopic (exact) mass is 287 g/mol. The van der Waals surface area contributed by atoms with Crippen LogP contribution in [0.15, 0.2) is 30.3 Å². The maximum Gasteiger partial charge on any atom is 0.216 e. The van der Waals surface area contributed by atoms with E-state index in [1.54, 1.807) is 0 Å².